The summed E-state index contributed by atoms with van der Waals surface area (Å²) in [5.74, 6) is 0.552. The first-order valence-corrected chi connectivity index (χ1v) is 6.18. The molecule has 3 nitrogen and oxygen atoms in total. The van der Waals surface area contributed by atoms with E-state index in [-0.39, 0.29) is 12.3 Å². The Balaban J connectivity index is 2.01. The molecule has 2 aromatic rings. The van der Waals surface area contributed by atoms with E-state index in [9.17, 15) is 13.2 Å². The second-order valence-corrected chi connectivity index (χ2v) is 4.39. The highest BCUT2D eigenvalue weighted by molar-refractivity contribution is 5.28. The molecule has 0 N–H and O–H groups in total. The lowest BCUT2D eigenvalue weighted by atomic mass is 10.1. The van der Waals surface area contributed by atoms with Crippen LogP contribution in [0.3, 0.4) is 0 Å². The van der Waals surface area contributed by atoms with Crippen molar-refractivity contribution < 1.29 is 17.9 Å². The van der Waals surface area contributed by atoms with E-state index < -0.39 is 13.1 Å². The van der Waals surface area contributed by atoms with E-state index >= 15 is 0 Å². The highest BCUT2D eigenvalue weighted by Crippen LogP contribution is 2.22. The van der Waals surface area contributed by atoms with Crippen molar-refractivity contribution in [3.05, 3.63) is 47.3 Å². The number of nitrogens with zero attached hydrogens (tertiary/aromatic N) is 2. The molecular formula is C14H15F3N2O. The fourth-order valence-electron chi connectivity index (χ4n) is 1.87. The van der Waals surface area contributed by atoms with Gasteiger partial charge in [-0.3, -0.25) is 9.07 Å². The number of ether oxygens (including phenoxy) is 1. The van der Waals surface area contributed by atoms with Crippen LogP contribution in [0.5, 0.6) is 5.75 Å². The first kappa shape index (κ1) is 14.4. The van der Waals surface area contributed by atoms with Crippen molar-refractivity contribution in [1.29, 1.82) is 0 Å². The number of hydrogen-bond donors (Lipinski definition) is 0. The van der Waals surface area contributed by atoms with Gasteiger partial charge in [0.1, 0.15) is 18.1 Å². The third-order valence-corrected chi connectivity index (χ3v) is 2.84. The quantitative estimate of drug-likeness (QED) is 0.812. The highest BCUT2D eigenvalue weighted by Gasteiger charge is 2.17. The number of benzene rings is 1. The van der Waals surface area contributed by atoms with E-state index in [1.165, 1.54) is 10.9 Å². The smallest absolute Gasteiger partial charge is 0.282 e. The van der Waals surface area contributed by atoms with Crippen LogP contribution in [0.4, 0.5) is 13.2 Å². The summed E-state index contributed by atoms with van der Waals surface area (Å²) < 4.78 is 44.4. The maximum Gasteiger partial charge on any atom is 0.282 e. The van der Waals surface area contributed by atoms with Gasteiger partial charge in [0, 0.05) is 25.2 Å². The minimum absolute atomic E-state index is 0.0238. The Hall–Kier alpha value is -1.98. The number of aromatic nitrogens is 2. The summed E-state index contributed by atoms with van der Waals surface area (Å²) in [4.78, 5) is 0. The largest absolute Gasteiger partial charge is 0.489 e. The van der Waals surface area contributed by atoms with E-state index in [1.54, 1.807) is 31.3 Å². The van der Waals surface area contributed by atoms with Gasteiger partial charge in [0.15, 0.2) is 0 Å². The molecule has 0 unspecified atom stereocenters. The Labute approximate surface area is 115 Å². The molecule has 0 radical (unpaired) electrons. The van der Waals surface area contributed by atoms with E-state index in [2.05, 4.69) is 5.10 Å². The van der Waals surface area contributed by atoms with Gasteiger partial charge in [-0.05, 0) is 17.7 Å². The molecule has 0 spiro atoms. The van der Waals surface area contributed by atoms with E-state index in [1.807, 2.05) is 0 Å². The minimum atomic E-state index is -2.62. The van der Waals surface area contributed by atoms with Crippen molar-refractivity contribution in [3.63, 3.8) is 0 Å². The van der Waals surface area contributed by atoms with Gasteiger partial charge < -0.3 is 4.74 Å². The van der Waals surface area contributed by atoms with Gasteiger partial charge in [0.05, 0.1) is 6.67 Å². The maximum atomic E-state index is 12.7. The molecule has 0 aliphatic heterocycles. The Kier molecular flexibility index (Phi) is 4.65. The van der Waals surface area contributed by atoms with Crippen molar-refractivity contribution in [2.45, 2.75) is 19.5 Å². The molecule has 0 atom stereocenters. The molecule has 0 aliphatic rings. The number of alkyl halides is 3. The normalized spacial score (nSPS) is 11.1. The molecule has 1 aromatic carbocycles. The lowest BCUT2D eigenvalue weighted by Crippen LogP contribution is -1.99. The molecule has 1 aromatic heterocycles. The van der Waals surface area contributed by atoms with Crippen molar-refractivity contribution in [3.8, 4) is 5.75 Å². The lowest BCUT2D eigenvalue weighted by molar-refractivity contribution is 0.142. The third kappa shape index (κ3) is 3.53. The molecular weight excluding hydrogens is 269 g/mol. The summed E-state index contributed by atoms with van der Waals surface area (Å²) in [5, 5.41) is 3.71. The minimum Gasteiger partial charge on any atom is -0.489 e. The van der Waals surface area contributed by atoms with Crippen LogP contribution in [-0.4, -0.2) is 16.5 Å². The highest BCUT2D eigenvalue weighted by atomic mass is 19.3. The molecule has 1 heterocycles. The van der Waals surface area contributed by atoms with Gasteiger partial charge in [-0.25, -0.2) is 8.78 Å². The van der Waals surface area contributed by atoms with Gasteiger partial charge in [-0.15, -0.1) is 0 Å². The molecule has 0 saturated heterocycles. The fraction of sp³-hybridized carbons (Fsp3) is 0.357. The Morgan fingerprint density at radius 1 is 1.25 bits per heavy atom. The number of rotatable bonds is 6. The first-order chi connectivity index (χ1) is 9.60. The van der Waals surface area contributed by atoms with Crippen molar-refractivity contribution in [2.75, 3.05) is 6.67 Å². The zero-order chi connectivity index (χ0) is 14.5. The molecule has 108 valence electrons. The summed E-state index contributed by atoms with van der Waals surface area (Å²) in [6, 6.07) is 6.91. The monoisotopic (exact) mass is 284 g/mol. The SMILES string of the molecule is Cn1cc(COc2ccc(CCF)cc2)c(C(F)F)n1. The molecule has 0 aliphatic carbocycles. The van der Waals surface area contributed by atoms with Crippen LogP contribution in [-0.2, 0) is 20.1 Å². The predicted molar refractivity (Wildman–Crippen MR) is 68.6 cm³/mol. The fourth-order valence-corrected chi connectivity index (χ4v) is 1.87. The third-order valence-electron chi connectivity index (χ3n) is 2.84. The van der Waals surface area contributed by atoms with Crippen LogP contribution in [0.2, 0.25) is 0 Å². The van der Waals surface area contributed by atoms with Gasteiger partial charge in [-0.2, -0.15) is 5.10 Å². The molecule has 2 rings (SSSR count). The Morgan fingerprint density at radius 2 is 1.95 bits per heavy atom. The first-order valence-electron chi connectivity index (χ1n) is 6.18. The number of hydrogen-bond acceptors (Lipinski definition) is 2. The lowest BCUT2D eigenvalue weighted by Gasteiger charge is -2.06. The van der Waals surface area contributed by atoms with E-state index in [4.69, 9.17) is 4.74 Å². The molecule has 20 heavy (non-hydrogen) atoms. The van der Waals surface area contributed by atoms with Gasteiger partial charge in [0.25, 0.3) is 6.43 Å². The molecule has 0 bridgehead atoms. The van der Waals surface area contributed by atoms with E-state index in [0.717, 1.165) is 5.56 Å². The van der Waals surface area contributed by atoms with Gasteiger partial charge in [-0.1, -0.05) is 12.1 Å². The van der Waals surface area contributed by atoms with E-state index in [0.29, 0.717) is 17.7 Å². The second-order valence-electron chi connectivity index (χ2n) is 4.39. The van der Waals surface area contributed by atoms with Crippen LogP contribution in [0.25, 0.3) is 0 Å². The van der Waals surface area contributed by atoms with Crippen LogP contribution in [0.1, 0.15) is 23.2 Å². The Morgan fingerprint density at radius 3 is 2.55 bits per heavy atom. The van der Waals surface area contributed by atoms with Crippen LogP contribution in [0, 0.1) is 0 Å². The average Bonchev–Trinajstić information content (AvgIpc) is 2.80. The molecule has 0 fully saturated rings. The second kappa shape index (κ2) is 6.45. The summed E-state index contributed by atoms with van der Waals surface area (Å²) in [6.45, 7) is -0.385. The van der Waals surface area contributed by atoms with Crippen LogP contribution >= 0.6 is 0 Å². The summed E-state index contributed by atoms with van der Waals surface area (Å²) in [7, 11) is 1.58. The molecule has 0 saturated carbocycles. The summed E-state index contributed by atoms with van der Waals surface area (Å²) >= 11 is 0. The molecule has 0 amide bonds. The standard InChI is InChI=1S/C14H15F3N2O/c1-19-8-11(13(18-19)14(16)17)9-20-12-4-2-10(3-5-12)6-7-15/h2-5,8,14H,6-7,9H2,1H3. The maximum absolute atomic E-state index is 12.7. The average molecular weight is 284 g/mol. The molecule has 6 heteroatoms. The topological polar surface area (TPSA) is 27.1 Å². The van der Waals surface area contributed by atoms with Crippen molar-refractivity contribution in [2.24, 2.45) is 7.05 Å². The zero-order valence-corrected chi connectivity index (χ0v) is 11.0. The predicted octanol–water partition coefficient (Wildman–Crippen LogP) is 3.45. The van der Waals surface area contributed by atoms with Gasteiger partial charge in [0.2, 0.25) is 0 Å². The van der Waals surface area contributed by atoms with Crippen molar-refractivity contribution in [1.82, 2.24) is 9.78 Å². The zero-order valence-electron chi connectivity index (χ0n) is 11.0. The van der Waals surface area contributed by atoms with Crippen LogP contribution < -0.4 is 4.74 Å². The summed E-state index contributed by atoms with van der Waals surface area (Å²) in [5.41, 5.74) is 0.964. The van der Waals surface area contributed by atoms with Crippen molar-refractivity contribution >= 4 is 0 Å². The number of halogens is 3. The number of aryl methyl sites for hydroxylation is 2. The van der Waals surface area contributed by atoms with Crippen LogP contribution in [0.15, 0.2) is 30.5 Å². The Bertz CT molecular complexity index is 552. The summed E-state index contributed by atoms with van der Waals surface area (Å²) in [6.07, 6.45) is -0.751. The van der Waals surface area contributed by atoms with Gasteiger partial charge >= 0.3 is 0 Å².